The average molecular weight is 487 g/mol. The number of carbonyl (C=O) groups excluding carboxylic acids is 2. The molecule has 0 heterocycles. The van der Waals surface area contributed by atoms with Crippen LogP contribution in [0.5, 0.6) is 11.5 Å². The van der Waals surface area contributed by atoms with Gasteiger partial charge in [-0.15, -0.1) is 0 Å². The van der Waals surface area contributed by atoms with Crippen molar-refractivity contribution >= 4 is 29.3 Å². The normalized spacial score (nSPS) is 10.6. The Labute approximate surface area is 206 Å². The first-order chi connectivity index (χ1) is 17.3. The monoisotopic (exact) mass is 487 g/mol. The third-order valence-electron chi connectivity index (χ3n) is 4.99. The first-order valence-electron chi connectivity index (χ1n) is 10.5. The van der Waals surface area contributed by atoms with Crippen molar-refractivity contribution in [2.45, 2.75) is 6.61 Å². The lowest BCUT2D eigenvalue weighted by molar-refractivity contribution is -0.384. The fourth-order valence-electron chi connectivity index (χ4n) is 3.07. The van der Waals surface area contributed by atoms with Crippen molar-refractivity contribution in [2.75, 3.05) is 19.5 Å². The summed E-state index contributed by atoms with van der Waals surface area (Å²) in [4.78, 5) is 34.6. The number of benzene rings is 3. The van der Waals surface area contributed by atoms with Crippen LogP contribution in [0, 0.1) is 21.4 Å². The lowest BCUT2D eigenvalue weighted by Gasteiger charge is -2.12. The van der Waals surface area contributed by atoms with Crippen LogP contribution in [0.15, 0.2) is 72.3 Å². The van der Waals surface area contributed by atoms with Crippen LogP contribution >= 0.6 is 0 Å². The van der Waals surface area contributed by atoms with E-state index in [2.05, 4.69) is 10.1 Å². The number of nitriles is 1. The van der Waals surface area contributed by atoms with Crippen LogP contribution < -0.4 is 14.8 Å². The highest BCUT2D eigenvalue weighted by Crippen LogP contribution is 2.28. The summed E-state index contributed by atoms with van der Waals surface area (Å²) in [6.45, 7) is 0.0899. The standard InChI is InChI=1S/C26H21N3O7/c1-34-23-12-7-19(24(14-23)36-16-17-3-10-22(11-4-17)29(32)33)13-20(15-27)25(30)28-21-8-5-18(6-9-21)26(31)35-2/h3-14H,16H2,1-2H3,(H,28,30)/b20-13+. The highest BCUT2D eigenvalue weighted by molar-refractivity contribution is 6.10. The predicted molar refractivity (Wildman–Crippen MR) is 130 cm³/mol. The van der Waals surface area contributed by atoms with Crippen molar-refractivity contribution < 1.29 is 28.7 Å². The molecule has 1 N–H and O–H groups in total. The molecule has 1 amide bonds. The fraction of sp³-hybridized carbons (Fsp3) is 0.115. The van der Waals surface area contributed by atoms with Gasteiger partial charge < -0.3 is 19.5 Å². The van der Waals surface area contributed by atoms with Crippen LogP contribution in [0.25, 0.3) is 6.08 Å². The summed E-state index contributed by atoms with van der Waals surface area (Å²) >= 11 is 0. The zero-order chi connectivity index (χ0) is 26.1. The Balaban J connectivity index is 1.80. The number of carbonyl (C=O) groups is 2. The molecule has 0 bridgehead atoms. The second-order valence-electron chi connectivity index (χ2n) is 7.31. The molecule has 0 spiro atoms. The molecule has 0 atom stereocenters. The lowest BCUT2D eigenvalue weighted by atomic mass is 10.1. The summed E-state index contributed by atoms with van der Waals surface area (Å²) < 4.78 is 15.8. The Morgan fingerprint density at radius 2 is 1.75 bits per heavy atom. The van der Waals surface area contributed by atoms with Gasteiger partial charge in [0.25, 0.3) is 11.6 Å². The number of methoxy groups -OCH3 is 2. The number of anilines is 1. The Hall–Kier alpha value is -5.17. The number of ether oxygens (including phenoxy) is 3. The quantitative estimate of drug-likeness (QED) is 0.153. The van der Waals surface area contributed by atoms with Gasteiger partial charge in [0.15, 0.2) is 0 Å². The molecule has 182 valence electrons. The predicted octanol–water partition coefficient (Wildman–Crippen LogP) is 4.51. The molecule has 0 aliphatic carbocycles. The molecule has 3 aromatic rings. The van der Waals surface area contributed by atoms with E-state index in [9.17, 15) is 25.0 Å². The van der Waals surface area contributed by atoms with Gasteiger partial charge in [0.1, 0.15) is 29.7 Å². The van der Waals surface area contributed by atoms with Gasteiger partial charge in [-0.05, 0) is 60.2 Å². The van der Waals surface area contributed by atoms with Gasteiger partial charge in [0, 0.05) is 29.4 Å². The van der Waals surface area contributed by atoms with E-state index >= 15 is 0 Å². The van der Waals surface area contributed by atoms with E-state index in [0.717, 1.165) is 0 Å². The molecule has 0 fully saturated rings. The van der Waals surface area contributed by atoms with E-state index in [0.29, 0.717) is 33.9 Å². The number of hydrogen-bond acceptors (Lipinski definition) is 8. The van der Waals surface area contributed by atoms with Crippen LogP contribution in [-0.4, -0.2) is 31.0 Å². The first-order valence-corrected chi connectivity index (χ1v) is 10.5. The minimum absolute atomic E-state index is 0.0339. The Kier molecular flexibility index (Phi) is 8.35. The van der Waals surface area contributed by atoms with Crippen molar-refractivity contribution in [3.05, 3.63) is 99.1 Å². The smallest absolute Gasteiger partial charge is 0.337 e. The third-order valence-corrected chi connectivity index (χ3v) is 4.99. The van der Waals surface area contributed by atoms with Crippen molar-refractivity contribution in [2.24, 2.45) is 0 Å². The first kappa shape index (κ1) is 25.5. The van der Waals surface area contributed by atoms with E-state index in [4.69, 9.17) is 9.47 Å². The molecule has 10 heteroatoms. The molecule has 0 radical (unpaired) electrons. The molecule has 0 saturated heterocycles. The van der Waals surface area contributed by atoms with E-state index < -0.39 is 16.8 Å². The Morgan fingerprint density at radius 1 is 1.06 bits per heavy atom. The molecular weight excluding hydrogens is 466 g/mol. The number of esters is 1. The fourth-order valence-corrected chi connectivity index (χ4v) is 3.07. The van der Waals surface area contributed by atoms with E-state index in [-0.39, 0.29) is 17.9 Å². The van der Waals surface area contributed by atoms with E-state index in [1.54, 1.807) is 30.3 Å². The summed E-state index contributed by atoms with van der Waals surface area (Å²) in [6, 6.07) is 18.7. The van der Waals surface area contributed by atoms with Gasteiger partial charge in [-0.3, -0.25) is 14.9 Å². The molecular formula is C26H21N3O7. The number of amides is 1. The van der Waals surface area contributed by atoms with Crippen LogP contribution in [0.1, 0.15) is 21.5 Å². The molecule has 0 aliphatic heterocycles. The molecule has 3 aromatic carbocycles. The highest BCUT2D eigenvalue weighted by Gasteiger charge is 2.14. The van der Waals surface area contributed by atoms with Crippen molar-refractivity contribution in [1.29, 1.82) is 5.26 Å². The number of nitro groups is 1. The minimum Gasteiger partial charge on any atom is -0.497 e. The number of nitro benzene ring substituents is 1. The van der Waals surface area contributed by atoms with Gasteiger partial charge in [0.05, 0.1) is 24.7 Å². The Morgan fingerprint density at radius 3 is 2.33 bits per heavy atom. The molecule has 36 heavy (non-hydrogen) atoms. The van der Waals surface area contributed by atoms with Gasteiger partial charge in [-0.25, -0.2) is 4.79 Å². The number of non-ortho nitro benzene ring substituents is 1. The number of hydrogen-bond donors (Lipinski definition) is 1. The second-order valence-corrected chi connectivity index (χ2v) is 7.31. The average Bonchev–Trinajstić information content (AvgIpc) is 2.90. The number of nitrogens with one attached hydrogen (secondary N) is 1. The van der Waals surface area contributed by atoms with E-state index in [1.165, 1.54) is 56.7 Å². The SMILES string of the molecule is COC(=O)c1ccc(NC(=O)/C(C#N)=C/c2ccc(OC)cc2OCc2ccc([N+](=O)[O-])cc2)cc1. The second kappa shape index (κ2) is 11.8. The summed E-state index contributed by atoms with van der Waals surface area (Å²) in [5.74, 6) is -0.318. The summed E-state index contributed by atoms with van der Waals surface area (Å²) in [6.07, 6.45) is 1.38. The van der Waals surface area contributed by atoms with Crippen LogP contribution in [0.4, 0.5) is 11.4 Å². The van der Waals surface area contributed by atoms with Gasteiger partial charge in [-0.2, -0.15) is 5.26 Å². The largest absolute Gasteiger partial charge is 0.497 e. The molecule has 0 aliphatic rings. The molecule has 10 nitrogen and oxygen atoms in total. The van der Waals surface area contributed by atoms with E-state index in [1.807, 2.05) is 6.07 Å². The summed E-state index contributed by atoms with van der Waals surface area (Å²) in [5.41, 5.74) is 1.63. The number of nitrogens with zero attached hydrogens (tertiary/aromatic N) is 2. The third kappa shape index (κ3) is 6.45. The lowest BCUT2D eigenvalue weighted by Crippen LogP contribution is -2.13. The van der Waals surface area contributed by atoms with Crippen molar-refractivity contribution in [3.63, 3.8) is 0 Å². The van der Waals surface area contributed by atoms with Crippen LogP contribution in [0.2, 0.25) is 0 Å². The van der Waals surface area contributed by atoms with Crippen LogP contribution in [-0.2, 0) is 16.1 Å². The molecule has 3 rings (SSSR count). The van der Waals surface area contributed by atoms with Crippen molar-refractivity contribution in [3.8, 4) is 17.6 Å². The van der Waals surface area contributed by atoms with Crippen molar-refractivity contribution in [1.82, 2.24) is 0 Å². The zero-order valence-electron chi connectivity index (χ0n) is 19.4. The van der Waals surface area contributed by atoms with Gasteiger partial charge >= 0.3 is 5.97 Å². The molecule has 0 unspecified atom stereocenters. The maximum atomic E-state index is 12.7. The molecule has 0 aromatic heterocycles. The topological polar surface area (TPSA) is 141 Å². The minimum atomic E-state index is -0.652. The summed E-state index contributed by atoms with van der Waals surface area (Å²) in [7, 11) is 2.76. The van der Waals surface area contributed by atoms with Gasteiger partial charge in [-0.1, -0.05) is 0 Å². The molecule has 0 saturated carbocycles. The summed E-state index contributed by atoms with van der Waals surface area (Å²) in [5, 5.41) is 23.0. The highest BCUT2D eigenvalue weighted by atomic mass is 16.6. The van der Waals surface area contributed by atoms with Crippen LogP contribution in [0.3, 0.4) is 0 Å². The number of rotatable bonds is 9. The Bertz CT molecular complexity index is 1340. The maximum absolute atomic E-state index is 12.7. The van der Waals surface area contributed by atoms with Gasteiger partial charge in [0.2, 0.25) is 0 Å². The zero-order valence-corrected chi connectivity index (χ0v) is 19.4. The maximum Gasteiger partial charge on any atom is 0.337 e.